The molecule has 0 aromatic heterocycles. The number of aromatic carboxylic acids is 1. The highest BCUT2D eigenvalue weighted by Gasteiger charge is 2.21. The molecule has 4 heteroatoms. The van der Waals surface area contributed by atoms with E-state index in [1.807, 2.05) is 11.9 Å². The molecule has 4 nitrogen and oxygen atoms in total. The molecule has 94 valence electrons. The van der Waals surface area contributed by atoms with E-state index < -0.39 is 5.97 Å². The van der Waals surface area contributed by atoms with Crippen molar-refractivity contribution in [2.75, 3.05) is 17.7 Å². The van der Waals surface area contributed by atoms with Crippen molar-refractivity contribution in [2.24, 2.45) is 5.92 Å². The van der Waals surface area contributed by atoms with Crippen molar-refractivity contribution in [3.05, 3.63) is 23.8 Å². The molecule has 1 aromatic carbocycles. The number of carboxylic acid groups (broad SMARTS) is 1. The maximum atomic E-state index is 11.2. The largest absolute Gasteiger partial charge is 0.478 e. The minimum absolute atomic E-state index is 0.220. The van der Waals surface area contributed by atoms with Crippen LogP contribution in [0.15, 0.2) is 18.2 Å². The van der Waals surface area contributed by atoms with Gasteiger partial charge in [-0.15, -0.1) is 0 Å². The number of anilines is 2. The number of para-hydroxylation sites is 1. The van der Waals surface area contributed by atoms with Gasteiger partial charge in [-0.2, -0.15) is 0 Å². The van der Waals surface area contributed by atoms with Gasteiger partial charge in [0.25, 0.3) is 0 Å². The monoisotopic (exact) mass is 236 g/mol. The van der Waals surface area contributed by atoms with Crippen LogP contribution in [0, 0.1) is 5.92 Å². The zero-order chi connectivity index (χ0) is 13.2. The maximum absolute atomic E-state index is 11.2. The van der Waals surface area contributed by atoms with E-state index in [1.165, 1.54) is 0 Å². The van der Waals surface area contributed by atoms with Gasteiger partial charge in [-0.1, -0.05) is 19.9 Å². The average molecular weight is 236 g/mol. The van der Waals surface area contributed by atoms with Gasteiger partial charge in [-0.3, -0.25) is 0 Å². The zero-order valence-corrected chi connectivity index (χ0v) is 10.8. The maximum Gasteiger partial charge on any atom is 0.337 e. The summed E-state index contributed by atoms with van der Waals surface area (Å²) >= 11 is 0. The van der Waals surface area contributed by atoms with E-state index in [1.54, 1.807) is 18.2 Å². The highest BCUT2D eigenvalue weighted by Crippen LogP contribution is 2.29. The van der Waals surface area contributed by atoms with Crippen LogP contribution >= 0.6 is 0 Å². The number of benzene rings is 1. The predicted octanol–water partition coefficient (Wildman–Crippen LogP) is 2.45. The summed E-state index contributed by atoms with van der Waals surface area (Å²) in [5.74, 6) is -0.531. The lowest BCUT2D eigenvalue weighted by Gasteiger charge is -2.31. The van der Waals surface area contributed by atoms with Gasteiger partial charge in [0, 0.05) is 13.1 Å². The first-order valence-corrected chi connectivity index (χ1v) is 5.70. The molecule has 1 aromatic rings. The van der Waals surface area contributed by atoms with E-state index in [2.05, 4.69) is 20.8 Å². The van der Waals surface area contributed by atoms with E-state index >= 15 is 0 Å². The number of nitrogen functional groups attached to an aromatic ring is 1. The van der Waals surface area contributed by atoms with Crippen LogP contribution in [-0.4, -0.2) is 24.2 Å². The fourth-order valence-electron chi connectivity index (χ4n) is 1.78. The normalized spacial score (nSPS) is 12.5. The standard InChI is InChI=1S/C13H20N2O2/c1-8(2)9(3)15(4)12-10(13(16)17)6-5-7-11(12)14/h5-9H,14H2,1-4H3,(H,16,17). The lowest BCUT2D eigenvalue weighted by Crippen LogP contribution is -2.34. The quantitative estimate of drug-likeness (QED) is 0.788. The molecule has 0 radical (unpaired) electrons. The van der Waals surface area contributed by atoms with E-state index in [0.29, 0.717) is 17.3 Å². The lowest BCUT2D eigenvalue weighted by atomic mass is 10.0. The molecule has 0 saturated heterocycles. The van der Waals surface area contributed by atoms with Crippen LogP contribution in [0.5, 0.6) is 0 Å². The Morgan fingerprint density at radius 3 is 2.41 bits per heavy atom. The lowest BCUT2D eigenvalue weighted by molar-refractivity contribution is 0.0697. The Bertz CT molecular complexity index is 416. The Labute approximate surface area is 102 Å². The van der Waals surface area contributed by atoms with Gasteiger partial charge in [0.2, 0.25) is 0 Å². The van der Waals surface area contributed by atoms with Crippen LogP contribution in [0.2, 0.25) is 0 Å². The Morgan fingerprint density at radius 2 is 1.94 bits per heavy atom. The summed E-state index contributed by atoms with van der Waals surface area (Å²) < 4.78 is 0. The molecule has 0 bridgehead atoms. The van der Waals surface area contributed by atoms with Crippen molar-refractivity contribution >= 4 is 17.3 Å². The highest BCUT2D eigenvalue weighted by molar-refractivity contribution is 5.98. The van der Waals surface area contributed by atoms with Gasteiger partial charge in [-0.25, -0.2) is 4.79 Å². The van der Waals surface area contributed by atoms with Crippen molar-refractivity contribution in [2.45, 2.75) is 26.8 Å². The van der Waals surface area contributed by atoms with E-state index in [-0.39, 0.29) is 11.6 Å². The summed E-state index contributed by atoms with van der Waals surface area (Å²) in [6.07, 6.45) is 0. The molecule has 0 aliphatic heterocycles. The number of rotatable bonds is 4. The van der Waals surface area contributed by atoms with Crippen LogP contribution in [-0.2, 0) is 0 Å². The topological polar surface area (TPSA) is 66.6 Å². The van der Waals surface area contributed by atoms with E-state index in [0.717, 1.165) is 0 Å². The highest BCUT2D eigenvalue weighted by atomic mass is 16.4. The smallest absolute Gasteiger partial charge is 0.337 e. The number of carbonyl (C=O) groups is 1. The van der Waals surface area contributed by atoms with Crippen LogP contribution in [0.1, 0.15) is 31.1 Å². The molecule has 0 fully saturated rings. The number of carboxylic acids is 1. The molecule has 0 saturated carbocycles. The number of nitrogens with two attached hydrogens (primary N) is 1. The number of hydrogen-bond donors (Lipinski definition) is 2. The second-order valence-corrected chi connectivity index (χ2v) is 4.64. The van der Waals surface area contributed by atoms with Gasteiger partial charge >= 0.3 is 5.97 Å². The summed E-state index contributed by atoms with van der Waals surface area (Å²) in [7, 11) is 1.88. The molecule has 1 atom stereocenters. The Balaban J connectivity index is 3.24. The van der Waals surface area contributed by atoms with Crippen molar-refractivity contribution in [3.8, 4) is 0 Å². The van der Waals surface area contributed by atoms with E-state index in [9.17, 15) is 9.90 Å². The van der Waals surface area contributed by atoms with Crippen molar-refractivity contribution < 1.29 is 9.90 Å². The summed E-state index contributed by atoms with van der Waals surface area (Å²) in [4.78, 5) is 13.1. The first-order chi connectivity index (χ1) is 7.86. The molecular weight excluding hydrogens is 216 g/mol. The summed E-state index contributed by atoms with van der Waals surface area (Å²) in [5.41, 5.74) is 7.24. The molecule has 1 rings (SSSR count). The number of nitrogens with zero attached hydrogens (tertiary/aromatic N) is 1. The van der Waals surface area contributed by atoms with Gasteiger partial charge in [0.05, 0.1) is 16.9 Å². The van der Waals surface area contributed by atoms with Gasteiger partial charge in [0.15, 0.2) is 0 Å². The average Bonchev–Trinajstić information content (AvgIpc) is 2.26. The van der Waals surface area contributed by atoms with Crippen LogP contribution in [0.3, 0.4) is 0 Å². The fraction of sp³-hybridized carbons (Fsp3) is 0.462. The van der Waals surface area contributed by atoms with Crippen molar-refractivity contribution in [3.63, 3.8) is 0 Å². The van der Waals surface area contributed by atoms with Crippen molar-refractivity contribution in [1.82, 2.24) is 0 Å². The van der Waals surface area contributed by atoms with Gasteiger partial charge < -0.3 is 15.7 Å². The molecule has 0 spiro atoms. The molecule has 0 amide bonds. The summed E-state index contributed by atoms with van der Waals surface area (Å²) in [6, 6.07) is 5.19. The zero-order valence-electron chi connectivity index (χ0n) is 10.8. The molecule has 0 aliphatic carbocycles. The fourth-order valence-corrected chi connectivity index (χ4v) is 1.78. The molecule has 17 heavy (non-hydrogen) atoms. The Morgan fingerprint density at radius 1 is 1.35 bits per heavy atom. The molecule has 0 heterocycles. The second kappa shape index (κ2) is 5.08. The third-order valence-electron chi connectivity index (χ3n) is 3.23. The van der Waals surface area contributed by atoms with Gasteiger partial charge in [-0.05, 0) is 25.0 Å². The molecule has 0 aliphatic rings. The third kappa shape index (κ3) is 2.70. The minimum Gasteiger partial charge on any atom is -0.478 e. The first kappa shape index (κ1) is 13.4. The minimum atomic E-state index is -0.949. The molecule has 3 N–H and O–H groups in total. The molecule has 1 unspecified atom stereocenters. The Kier molecular flexibility index (Phi) is 3.99. The Hall–Kier alpha value is -1.71. The number of hydrogen-bond acceptors (Lipinski definition) is 3. The molecular formula is C13H20N2O2. The van der Waals surface area contributed by atoms with Crippen molar-refractivity contribution in [1.29, 1.82) is 0 Å². The van der Waals surface area contributed by atoms with Crippen LogP contribution in [0.25, 0.3) is 0 Å². The predicted molar refractivity (Wildman–Crippen MR) is 70.5 cm³/mol. The van der Waals surface area contributed by atoms with Gasteiger partial charge in [0.1, 0.15) is 0 Å². The SMILES string of the molecule is CC(C)C(C)N(C)c1c(N)cccc1C(=O)O. The summed E-state index contributed by atoms with van der Waals surface area (Å²) in [5, 5.41) is 9.18. The first-order valence-electron chi connectivity index (χ1n) is 5.70. The third-order valence-corrected chi connectivity index (χ3v) is 3.23. The van der Waals surface area contributed by atoms with Crippen LogP contribution in [0.4, 0.5) is 11.4 Å². The summed E-state index contributed by atoms with van der Waals surface area (Å²) in [6.45, 7) is 6.25. The van der Waals surface area contributed by atoms with Crippen LogP contribution < -0.4 is 10.6 Å². The second-order valence-electron chi connectivity index (χ2n) is 4.64. The van der Waals surface area contributed by atoms with E-state index in [4.69, 9.17) is 5.73 Å².